The van der Waals surface area contributed by atoms with Crippen LogP contribution in [0.1, 0.15) is 6.42 Å². The quantitative estimate of drug-likeness (QED) is 0.448. The summed E-state index contributed by atoms with van der Waals surface area (Å²) in [7, 11) is 0. The highest BCUT2D eigenvalue weighted by Crippen LogP contribution is 2.26. The van der Waals surface area contributed by atoms with Crippen molar-refractivity contribution in [3.8, 4) is 0 Å². The van der Waals surface area contributed by atoms with Gasteiger partial charge in [0.1, 0.15) is 6.29 Å². The number of aldehydes is 1. The van der Waals surface area contributed by atoms with Crippen LogP contribution in [0.4, 0.5) is 5.69 Å². The zero-order valence-electron chi connectivity index (χ0n) is 8.50. The number of nitro benzene ring substituents is 1. The van der Waals surface area contributed by atoms with Crippen molar-refractivity contribution in [2.24, 2.45) is 0 Å². The molecule has 0 spiro atoms. The Morgan fingerprint density at radius 1 is 1.38 bits per heavy atom. The molecule has 2 rings (SSSR count). The second-order valence-corrected chi connectivity index (χ2v) is 3.43. The van der Waals surface area contributed by atoms with Gasteiger partial charge in [0.15, 0.2) is 0 Å². The van der Waals surface area contributed by atoms with Crippen LogP contribution in [0.15, 0.2) is 30.5 Å². The molecule has 0 fully saturated rings. The topological polar surface area (TPSA) is 65.1 Å². The molecule has 1 aromatic heterocycles. The van der Waals surface area contributed by atoms with Gasteiger partial charge in [-0.25, -0.2) is 0 Å². The number of nitro groups is 1. The van der Waals surface area contributed by atoms with Crippen LogP contribution in [0.2, 0.25) is 0 Å². The van der Waals surface area contributed by atoms with Crippen LogP contribution in [-0.2, 0) is 11.3 Å². The van der Waals surface area contributed by atoms with Gasteiger partial charge in [-0.1, -0.05) is 6.07 Å². The van der Waals surface area contributed by atoms with Crippen molar-refractivity contribution >= 4 is 22.9 Å². The Morgan fingerprint density at radius 3 is 2.88 bits per heavy atom. The van der Waals surface area contributed by atoms with E-state index in [-0.39, 0.29) is 5.69 Å². The summed E-state index contributed by atoms with van der Waals surface area (Å²) in [6.45, 7) is 0.550. The predicted molar refractivity (Wildman–Crippen MR) is 59.3 cm³/mol. The summed E-state index contributed by atoms with van der Waals surface area (Å²) in [6, 6.07) is 6.65. The minimum absolute atomic E-state index is 0.0994. The van der Waals surface area contributed by atoms with Gasteiger partial charge in [-0.05, 0) is 12.1 Å². The second kappa shape index (κ2) is 4.14. The van der Waals surface area contributed by atoms with E-state index in [1.54, 1.807) is 18.3 Å². The summed E-state index contributed by atoms with van der Waals surface area (Å²) < 4.78 is 1.84. The maximum atomic E-state index is 10.8. The van der Waals surface area contributed by atoms with Crippen LogP contribution >= 0.6 is 0 Å². The van der Waals surface area contributed by atoms with Crippen LogP contribution in [0.5, 0.6) is 0 Å². The van der Waals surface area contributed by atoms with E-state index in [9.17, 15) is 14.9 Å². The lowest BCUT2D eigenvalue weighted by Gasteiger charge is -2.01. The molecular weight excluding hydrogens is 208 g/mol. The third-order valence-corrected chi connectivity index (χ3v) is 2.48. The van der Waals surface area contributed by atoms with Gasteiger partial charge in [-0.3, -0.25) is 10.1 Å². The van der Waals surface area contributed by atoms with Gasteiger partial charge in [-0.15, -0.1) is 0 Å². The molecule has 5 heteroatoms. The Labute approximate surface area is 91.4 Å². The zero-order chi connectivity index (χ0) is 11.5. The number of non-ortho nitro benzene ring substituents is 1. The van der Waals surface area contributed by atoms with Gasteiger partial charge in [0.25, 0.3) is 5.69 Å². The van der Waals surface area contributed by atoms with Gasteiger partial charge in [0.05, 0.1) is 15.8 Å². The molecule has 0 unspecified atom stereocenters. The van der Waals surface area contributed by atoms with Crippen molar-refractivity contribution in [2.75, 3.05) is 0 Å². The van der Waals surface area contributed by atoms with Crippen LogP contribution in [0, 0.1) is 10.1 Å². The number of aromatic nitrogens is 1. The van der Waals surface area contributed by atoms with E-state index in [0.717, 1.165) is 11.8 Å². The third-order valence-electron chi connectivity index (χ3n) is 2.48. The van der Waals surface area contributed by atoms with Gasteiger partial charge in [0.2, 0.25) is 0 Å². The molecule has 0 atom stereocenters. The zero-order valence-corrected chi connectivity index (χ0v) is 8.50. The molecule has 0 aliphatic rings. The first kappa shape index (κ1) is 10.4. The molecule has 16 heavy (non-hydrogen) atoms. The summed E-state index contributed by atoms with van der Waals surface area (Å²) in [6.07, 6.45) is 3.01. The molecular formula is C11H10N2O3. The lowest BCUT2D eigenvalue weighted by molar-refractivity contribution is -0.383. The lowest BCUT2D eigenvalue weighted by atomic mass is 10.2. The number of rotatable bonds is 4. The van der Waals surface area contributed by atoms with Gasteiger partial charge < -0.3 is 9.36 Å². The van der Waals surface area contributed by atoms with Gasteiger partial charge in [-0.2, -0.15) is 0 Å². The molecule has 0 amide bonds. The molecule has 2 aromatic rings. The lowest BCUT2D eigenvalue weighted by Crippen LogP contribution is -1.96. The van der Waals surface area contributed by atoms with E-state index in [2.05, 4.69) is 0 Å². The van der Waals surface area contributed by atoms with Crippen LogP contribution in [0.25, 0.3) is 10.9 Å². The minimum atomic E-state index is -0.396. The first-order valence-corrected chi connectivity index (χ1v) is 4.90. The maximum Gasteiger partial charge on any atom is 0.278 e. The molecule has 5 nitrogen and oxygen atoms in total. The molecule has 82 valence electrons. The number of hydrogen-bond acceptors (Lipinski definition) is 3. The minimum Gasteiger partial charge on any atom is -0.347 e. The molecule has 0 saturated heterocycles. The fourth-order valence-electron chi connectivity index (χ4n) is 1.75. The van der Waals surface area contributed by atoms with E-state index in [4.69, 9.17) is 0 Å². The molecule has 0 saturated carbocycles. The Morgan fingerprint density at radius 2 is 2.19 bits per heavy atom. The SMILES string of the molecule is O=CCCn1ccc2c([N+](=O)[O-])cccc21. The monoisotopic (exact) mass is 218 g/mol. The third kappa shape index (κ3) is 1.67. The fourth-order valence-corrected chi connectivity index (χ4v) is 1.75. The van der Waals surface area contributed by atoms with Crippen LogP contribution in [0.3, 0.4) is 0 Å². The highest BCUT2D eigenvalue weighted by Gasteiger charge is 2.13. The molecule has 1 aromatic carbocycles. The van der Waals surface area contributed by atoms with Crippen molar-refractivity contribution < 1.29 is 9.72 Å². The Bertz CT molecular complexity index is 545. The Balaban J connectivity index is 2.52. The smallest absolute Gasteiger partial charge is 0.278 e. The van der Waals surface area contributed by atoms with E-state index in [1.807, 2.05) is 10.6 Å². The highest BCUT2D eigenvalue weighted by molar-refractivity contribution is 5.89. The van der Waals surface area contributed by atoms with Crippen molar-refractivity contribution in [3.05, 3.63) is 40.6 Å². The second-order valence-electron chi connectivity index (χ2n) is 3.43. The Kier molecular flexibility index (Phi) is 2.68. The number of aryl methyl sites for hydroxylation is 1. The average Bonchev–Trinajstić information content (AvgIpc) is 2.69. The standard InChI is InChI=1S/C11H10N2O3/c14-8-2-6-12-7-5-9-10(12)3-1-4-11(9)13(15)16/h1,3-5,7-8H,2,6H2. The molecule has 0 N–H and O–H groups in total. The number of fused-ring (bicyclic) bond motifs is 1. The molecule has 1 heterocycles. The van der Waals surface area contributed by atoms with Crippen molar-refractivity contribution in [2.45, 2.75) is 13.0 Å². The molecule has 0 radical (unpaired) electrons. The van der Waals surface area contributed by atoms with Crippen LogP contribution in [-0.4, -0.2) is 15.8 Å². The van der Waals surface area contributed by atoms with E-state index >= 15 is 0 Å². The summed E-state index contributed by atoms with van der Waals surface area (Å²) in [5, 5.41) is 11.4. The number of nitrogens with zero attached hydrogens (tertiary/aromatic N) is 2. The summed E-state index contributed by atoms with van der Waals surface area (Å²) in [5.41, 5.74) is 0.887. The maximum absolute atomic E-state index is 10.8. The highest BCUT2D eigenvalue weighted by atomic mass is 16.6. The van der Waals surface area contributed by atoms with Crippen molar-refractivity contribution in [1.29, 1.82) is 0 Å². The fraction of sp³-hybridized carbons (Fsp3) is 0.182. The van der Waals surface area contributed by atoms with E-state index in [1.165, 1.54) is 6.07 Å². The normalized spacial score (nSPS) is 10.5. The first-order valence-electron chi connectivity index (χ1n) is 4.90. The Hall–Kier alpha value is -2.17. The van der Waals surface area contributed by atoms with Crippen molar-refractivity contribution in [1.82, 2.24) is 4.57 Å². The average molecular weight is 218 g/mol. The first-order chi connectivity index (χ1) is 7.74. The molecule has 0 aliphatic carbocycles. The largest absolute Gasteiger partial charge is 0.347 e. The van der Waals surface area contributed by atoms with Gasteiger partial charge in [0, 0.05) is 25.2 Å². The summed E-state index contributed by atoms with van der Waals surface area (Å²) in [5.74, 6) is 0. The molecule has 0 bridgehead atoms. The van der Waals surface area contributed by atoms with Gasteiger partial charge >= 0.3 is 0 Å². The number of carbonyl (C=O) groups excluding carboxylic acids is 1. The van der Waals surface area contributed by atoms with E-state index in [0.29, 0.717) is 18.4 Å². The van der Waals surface area contributed by atoms with Crippen LogP contribution < -0.4 is 0 Å². The summed E-state index contributed by atoms with van der Waals surface area (Å²) in [4.78, 5) is 20.7. The predicted octanol–water partition coefficient (Wildman–Crippen LogP) is 2.14. The molecule has 0 aliphatic heterocycles. The van der Waals surface area contributed by atoms with Crippen molar-refractivity contribution in [3.63, 3.8) is 0 Å². The number of benzene rings is 1. The number of carbonyl (C=O) groups is 1. The number of hydrogen-bond donors (Lipinski definition) is 0. The summed E-state index contributed by atoms with van der Waals surface area (Å²) >= 11 is 0. The van der Waals surface area contributed by atoms with E-state index < -0.39 is 4.92 Å².